The number of nitrogens with zero attached hydrogens (tertiary/aromatic N) is 1. The highest BCUT2D eigenvalue weighted by Gasteiger charge is 2.43. The van der Waals surface area contributed by atoms with Crippen molar-refractivity contribution in [1.82, 2.24) is 15.7 Å². The lowest BCUT2D eigenvalue weighted by molar-refractivity contribution is -0.142. The van der Waals surface area contributed by atoms with Gasteiger partial charge in [0.25, 0.3) is 11.8 Å². The maximum absolute atomic E-state index is 13.5. The van der Waals surface area contributed by atoms with Crippen LogP contribution in [0.4, 0.5) is 0 Å². The second kappa shape index (κ2) is 10.9. The van der Waals surface area contributed by atoms with Gasteiger partial charge in [-0.2, -0.15) is 0 Å². The zero-order valence-corrected chi connectivity index (χ0v) is 20.7. The fraction of sp³-hybridized carbons (Fsp3) is 0.560. The molecule has 0 spiro atoms. The van der Waals surface area contributed by atoms with E-state index in [4.69, 9.17) is 0 Å². The van der Waals surface area contributed by atoms with Crippen molar-refractivity contribution in [2.24, 2.45) is 29.1 Å². The van der Waals surface area contributed by atoms with Gasteiger partial charge in [0.15, 0.2) is 0 Å². The third-order valence-corrected chi connectivity index (χ3v) is 6.34. The van der Waals surface area contributed by atoms with Crippen molar-refractivity contribution in [1.29, 1.82) is 0 Å². The molecular weight excluding hydrogens is 438 g/mol. The van der Waals surface area contributed by atoms with Crippen LogP contribution in [0.3, 0.4) is 0 Å². The number of carbonyl (C=O) groups excluding carboxylic acids is 5. The topological polar surface area (TPSA) is 133 Å². The van der Waals surface area contributed by atoms with Gasteiger partial charge in [0.1, 0.15) is 5.78 Å². The molecule has 2 rings (SSSR count). The smallest absolute Gasteiger partial charge is 0.261 e. The van der Waals surface area contributed by atoms with Crippen LogP contribution < -0.4 is 10.8 Å². The van der Waals surface area contributed by atoms with Crippen molar-refractivity contribution in [3.63, 3.8) is 0 Å². The van der Waals surface area contributed by atoms with Crippen LogP contribution >= 0.6 is 0 Å². The van der Waals surface area contributed by atoms with Crippen molar-refractivity contribution in [2.45, 2.75) is 47.5 Å². The monoisotopic (exact) mass is 473 g/mol. The Balaban J connectivity index is 2.40. The van der Waals surface area contributed by atoms with Gasteiger partial charge in [-0.15, -0.1) is 0 Å². The molecule has 0 unspecified atom stereocenters. The van der Waals surface area contributed by atoms with Crippen molar-refractivity contribution >= 4 is 29.4 Å². The summed E-state index contributed by atoms with van der Waals surface area (Å²) in [6.07, 6.45) is 0.169. The molecule has 1 aliphatic rings. The summed E-state index contributed by atoms with van der Waals surface area (Å²) in [6, 6.07) is 6.35. The molecule has 4 amide bonds. The Hall–Kier alpha value is -3.07. The molecule has 9 heteroatoms. The number of carbonyl (C=O) groups is 5. The van der Waals surface area contributed by atoms with Gasteiger partial charge in [-0.25, -0.2) is 5.48 Å². The predicted octanol–water partition coefficient (Wildman–Crippen LogP) is 2.43. The molecule has 3 N–H and O–H groups in total. The Labute approximate surface area is 200 Å². The minimum absolute atomic E-state index is 0.00166. The van der Waals surface area contributed by atoms with Crippen LogP contribution in [0.2, 0.25) is 0 Å². The molecule has 1 heterocycles. The lowest BCUT2D eigenvalue weighted by Crippen LogP contribution is -2.47. The van der Waals surface area contributed by atoms with Gasteiger partial charge in [0.2, 0.25) is 11.8 Å². The second-order valence-corrected chi connectivity index (χ2v) is 10.3. The molecule has 0 aliphatic carbocycles. The number of Topliss-reactive ketones (excluding diaryl/α,β-unsaturated/α-hetero) is 1. The highest BCUT2D eigenvalue weighted by molar-refractivity contribution is 6.21. The summed E-state index contributed by atoms with van der Waals surface area (Å²) in [6.45, 7) is 8.98. The van der Waals surface area contributed by atoms with Crippen LogP contribution in [0.1, 0.15) is 68.2 Å². The quantitative estimate of drug-likeness (QED) is 0.272. The standard InChI is InChI=1S/C25H35N3O6/c1-14(2)11-17(20(29)12-19(22(31)26-6)25(3,4)5)18(21(30)27-34)13-28-23(32)15-9-7-8-10-16(15)24(28)33/h7-10,14,17-19,34H,11-13H2,1-6H3,(H,26,31)(H,27,30)/t17-,18+,19-/m1/s1. The van der Waals surface area contributed by atoms with E-state index in [1.807, 2.05) is 34.6 Å². The molecule has 9 nitrogen and oxygen atoms in total. The molecule has 0 bridgehead atoms. The van der Waals surface area contributed by atoms with Crippen LogP contribution in [-0.4, -0.2) is 53.1 Å². The largest absolute Gasteiger partial charge is 0.359 e. The van der Waals surface area contributed by atoms with Gasteiger partial charge in [-0.05, 0) is 29.9 Å². The van der Waals surface area contributed by atoms with E-state index in [1.165, 1.54) is 19.2 Å². The highest BCUT2D eigenvalue weighted by Crippen LogP contribution is 2.34. The lowest BCUT2D eigenvalue weighted by atomic mass is 9.73. The number of rotatable bonds is 10. The molecule has 186 valence electrons. The summed E-state index contributed by atoms with van der Waals surface area (Å²) < 4.78 is 0. The fourth-order valence-corrected chi connectivity index (χ4v) is 4.42. The van der Waals surface area contributed by atoms with Crippen LogP contribution in [0, 0.1) is 29.1 Å². The molecule has 0 radical (unpaired) electrons. The van der Waals surface area contributed by atoms with Gasteiger partial charge in [-0.1, -0.05) is 46.8 Å². The summed E-state index contributed by atoms with van der Waals surface area (Å²) in [5.74, 6) is -5.30. The Morgan fingerprint density at radius 1 is 0.971 bits per heavy atom. The van der Waals surface area contributed by atoms with Gasteiger partial charge in [-0.3, -0.25) is 34.1 Å². The first-order valence-electron chi connectivity index (χ1n) is 11.5. The second-order valence-electron chi connectivity index (χ2n) is 10.3. The number of imide groups is 1. The average molecular weight is 474 g/mol. The summed E-state index contributed by atoms with van der Waals surface area (Å²) in [7, 11) is 1.50. The molecule has 1 aliphatic heterocycles. The first-order valence-corrected chi connectivity index (χ1v) is 11.5. The van der Waals surface area contributed by atoms with E-state index in [1.54, 1.807) is 17.6 Å². The number of amides is 4. The molecule has 1 aromatic carbocycles. The number of benzene rings is 1. The van der Waals surface area contributed by atoms with Gasteiger partial charge >= 0.3 is 0 Å². The zero-order valence-electron chi connectivity index (χ0n) is 20.7. The lowest BCUT2D eigenvalue weighted by Gasteiger charge is -2.33. The maximum atomic E-state index is 13.5. The maximum Gasteiger partial charge on any atom is 0.261 e. The summed E-state index contributed by atoms with van der Waals surface area (Å²) >= 11 is 0. The van der Waals surface area contributed by atoms with E-state index >= 15 is 0 Å². The Kier molecular flexibility index (Phi) is 8.72. The van der Waals surface area contributed by atoms with Gasteiger partial charge in [0.05, 0.1) is 17.0 Å². The summed E-state index contributed by atoms with van der Waals surface area (Å²) in [5.41, 5.74) is 1.54. The van der Waals surface area contributed by atoms with E-state index in [-0.39, 0.29) is 48.1 Å². The zero-order chi connectivity index (χ0) is 25.8. The van der Waals surface area contributed by atoms with E-state index in [0.29, 0.717) is 0 Å². The van der Waals surface area contributed by atoms with Gasteiger partial charge in [0, 0.05) is 31.8 Å². The number of ketones is 1. The van der Waals surface area contributed by atoms with Crippen molar-refractivity contribution in [2.75, 3.05) is 13.6 Å². The minimum Gasteiger partial charge on any atom is -0.359 e. The predicted molar refractivity (Wildman–Crippen MR) is 125 cm³/mol. The number of hydrogen-bond donors (Lipinski definition) is 3. The van der Waals surface area contributed by atoms with E-state index < -0.39 is 40.9 Å². The van der Waals surface area contributed by atoms with Gasteiger partial charge < -0.3 is 5.32 Å². The number of nitrogens with one attached hydrogen (secondary N) is 2. The molecule has 1 aromatic rings. The Morgan fingerprint density at radius 3 is 1.91 bits per heavy atom. The highest BCUT2D eigenvalue weighted by atomic mass is 16.5. The molecule has 0 saturated heterocycles. The molecule has 34 heavy (non-hydrogen) atoms. The number of hydrogen-bond acceptors (Lipinski definition) is 6. The van der Waals surface area contributed by atoms with Crippen molar-refractivity contribution < 1.29 is 29.2 Å². The van der Waals surface area contributed by atoms with Crippen LogP contribution in [0.25, 0.3) is 0 Å². The third-order valence-electron chi connectivity index (χ3n) is 6.34. The number of hydroxylamine groups is 1. The molecular formula is C25H35N3O6. The Morgan fingerprint density at radius 2 is 1.50 bits per heavy atom. The molecule has 0 fully saturated rings. The van der Waals surface area contributed by atoms with Crippen molar-refractivity contribution in [3.8, 4) is 0 Å². The minimum atomic E-state index is -1.17. The molecule has 0 saturated carbocycles. The average Bonchev–Trinajstić information content (AvgIpc) is 3.02. The van der Waals surface area contributed by atoms with Crippen molar-refractivity contribution in [3.05, 3.63) is 35.4 Å². The summed E-state index contributed by atoms with van der Waals surface area (Å²) in [5, 5.41) is 12.0. The van der Waals surface area contributed by atoms with E-state index in [9.17, 15) is 29.2 Å². The summed E-state index contributed by atoms with van der Waals surface area (Å²) in [4.78, 5) is 65.5. The normalized spacial score (nSPS) is 16.2. The first kappa shape index (κ1) is 27.2. The van der Waals surface area contributed by atoms with E-state index in [0.717, 1.165) is 4.90 Å². The molecule has 0 aromatic heterocycles. The first-order chi connectivity index (χ1) is 15.8. The Bertz CT molecular complexity index is 931. The molecule has 3 atom stereocenters. The van der Waals surface area contributed by atoms with E-state index in [2.05, 4.69) is 5.32 Å². The van der Waals surface area contributed by atoms with Crippen LogP contribution in [-0.2, 0) is 14.4 Å². The number of fused-ring (bicyclic) bond motifs is 1. The third kappa shape index (κ3) is 5.88. The van der Waals surface area contributed by atoms with Crippen LogP contribution in [0.15, 0.2) is 24.3 Å². The van der Waals surface area contributed by atoms with Crippen LogP contribution in [0.5, 0.6) is 0 Å². The SMILES string of the molecule is CNC(=O)[C@@H](CC(=O)[C@H](CC(C)C)[C@H](CN1C(=O)c2ccccc2C1=O)C(=O)NO)C(C)(C)C. The fourth-order valence-electron chi connectivity index (χ4n) is 4.42.